The van der Waals surface area contributed by atoms with E-state index >= 15 is 0 Å². The van der Waals surface area contributed by atoms with Crippen LogP contribution in [0.1, 0.15) is 36.7 Å². The summed E-state index contributed by atoms with van der Waals surface area (Å²) in [5.41, 5.74) is 3.42. The molecule has 158 valence electrons. The maximum absolute atomic E-state index is 12.5. The second-order valence-corrected chi connectivity index (χ2v) is 7.37. The molecule has 2 aromatic carbocycles. The van der Waals surface area contributed by atoms with Gasteiger partial charge in [-0.05, 0) is 60.4 Å². The molecule has 0 spiro atoms. The molecule has 0 fully saturated rings. The van der Waals surface area contributed by atoms with Crippen molar-refractivity contribution in [2.45, 2.75) is 33.3 Å². The van der Waals surface area contributed by atoms with Gasteiger partial charge >= 0.3 is 0 Å². The number of ether oxygens (including phenoxy) is 2. The number of anilines is 1. The predicted octanol–water partition coefficient (Wildman–Crippen LogP) is 4.90. The maximum atomic E-state index is 12.5. The SMILES string of the molecule is COc1ccc(NC(=O)COc2cc(C)ccc2C(C)C)cc1-c1ccc(CO)o1. The first-order chi connectivity index (χ1) is 14.4. The van der Waals surface area contributed by atoms with Gasteiger partial charge in [0.1, 0.15) is 29.6 Å². The molecular formula is C24H27NO5. The molecule has 1 amide bonds. The van der Waals surface area contributed by atoms with E-state index in [0.717, 1.165) is 16.9 Å². The minimum Gasteiger partial charge on any atom is -0.496 e. The number of hydrogen-bond acceptors (Lipinski definition) is 5. The molecule has 6 heteroatoms. The first-order valence-electron chi connectivity index (χ1n) is 9.82. The van der Waals surface area contributed by atoms with Crippen LogP contribution in [0.25, 0.3) is 11.3 Å². The summed E-state index contributed by atoms with van der Waals surface area (Å²) < 4.78 is 16.8. The van der Waals surface area contributed by atoms with Crippen LogP contribution in [0.3, 0.4) is 0 Å². The zero-order valence-electron chi connectivity index (χ0n) is 17.7. The number of aliphatic hydroxyl groups is 1. The molecule has 3 rings (SSSR count). The fourth-order valence-corrected chi connectivity index (χ4v) is 3.17. The first-order valence-corrected chi connectivity index (χ1v) is 9.82. The predicted molar refractivity (Wildman–Crippen MR) is 116 cm³/mol. The largest absolute Gasteiger partial charge is 0.496 e. The van der Waals surface area contributed by atoms with Gasteiger partial charge < -0.3 is 24.3 Å². The summed E-state index contributed by atoms with van der Waals surface area (Å²) in [7, 11) is 1.56. The number of rotatable bonds is 8. The molecule has 30 heavy (non-hydrogen) atoms. The summed E-state index contributed by atoms with van der Waals surface area (Å²) in [5, 5.41) is 12.1. The molecule has 0 saturated heterocycles. The van der Waals surface area contributed by atoms with Crippen LogP contribution in [-0.4, -0.2) is 24.7 Å². The van der Waals surface area contributed by atoms with Gasteiger partial charge in [0.25, 0.3) is 5.91 Å². The third-order valence-corrected chi connectivity index (χ3v) is 4.72. The van der Waals surface area contributed by atoms with E-state index in [4.69, 9.17) is 13.9 Å². The van der Waals surface area contributed by atoms with Crippen molar-refractivity contribution >= 4 is 11.6 Å². The average Bonchev–Trinajstić information content (AvgIpc) is 3.21. The summed E-state index contributed by atoms with van der Waals surface area (Å²) in [6.45, 7) is 5.89. The molecule has 0 unspecified atom stereocenters. The van der Waals surface area contributed by atoms with Crippen LogP contribution in [0.4, 0.5) is 5.69 Å². The number of amides is 1. The van der Waals surface area contributed by atoms with Gasteiger partial charge in [-0.1, -0.05) is 26.0 Å². The van der Waals surface area contributed by atoms with Gasteiger partial charge in [0, 0.05) is 5.69 Å². The number of carbonyl (C=O) groups excluding carboxylic acids is 1. The van der Waals surface area contributed by atoms with E-state index < -0.39 is 0 Å². The van der Waals surface area contributed by atoms with E-state index in [0.29, 0.717) is 34.4 Å². The second kappa shape index (κ2) is 9.50. The minimum atomic E-state index is -0.266. The highest BCUT2D eigenvalue weighted by Gasteiger charge is 2.14. The summed E-state index contributed by atoms with van der Waals surface area (Å²) in [4.78, 5) is 12.5. The standard InChI is InChI=1S/C24H27NO5/c1-15(2)19-8-5-16(3)11-23(19)29-14-24(27)25-17-6-9-21(28-4)20(12-17)22-10-7-18(13-26)30-22/h5-12,15,26H,13-14H2,1-4H3,(H,25,27). The Labute approximate surface area is 176 Å². The van der Waals surface area contributed by atoms with Gasteiger partial charge in [-0.3, -0.25) is 4.79 Å². The van der Waals surface area contributed by atoms with Crippen LogP contribution in [0.5, 0.6) is 11.5 Å². The monoisotopic (exact) mass is 409 g/mol. The Kier molecular flexibility index (Phi) is 6.79. The van der Waals surface area contributed by atoms with E-state index in [1.807, 2.05) is 25.1 Å². The number of furan rings is 1. The Morgan fingerprint density at radius 2 is 1.90 bits per heavy atom. The molecule has 0 aliphatic rings. The molecule has 0 bridgehead atoms. The first kappa shape index (κ1) is 21.5. The zero-order chi connectivity index (χ0) is 21.7. The summed E-state index contributed by atoms with van der Waals surface area (Å²) in [6.07, 6.45) is 0. The van der Waals surface area contributed by atoms with Crippen molar-refractivity contribution in [2.24, 2.45) is 0 Å². The highest BCUT2D eigenvalue weighted by molar-refractivity contribution is 5.93. The molecule has 0 aliphatic heterocycles. The number of methoxy groups -OCH3 is 1. The quantitative estimate of drug-likeness (QED) is 0.553. The van der Waals surface area contributed by atoms with E-state index in [1.165, 1.54) is 0 Å². The molecule has 3 aromatic rings. The number of aryl methyl sites for hydroxylation is 1. The van der Waals surface area contributed by atoms with Gasteiger partial charge in [0.05, 0.1) is 12.7 Å². The molecule has 0 saturated carbocycles. The highest BCUT2D eigenvalue weighted by Crippen LogP contribution is 2.34. The topological polar surface area (TPSA) is 80.9 Å². The molecule has 0 atom stereocenters. The summed E-state index contributed by atoms with van der Waals surface area (Å²) >= 11 is 0. The normalized spacial score (nSPS) is 10.9. The van der Waals surface area contributed by atoms with Crippen molar-refractivity contribution in [1.82, 2.24) is 0 Å². The lowest BCUT2D eigenvalue weighted by Gasteiger charge is -2.15. The van der Waals surface area contributed by atoms with Gasteiger partial charge in [-0.25, -0.2) is 0 Å². The van der Waals surface area contributed by atoms with Crippen LogP contribution in [0, 0.1) is 6.92 Å². The smallest absolute Gasteiger partial charge is 0.262 e. The minimum absolute atomic E-state index is 0.0973. The Hall–Kier alpha value is -3.25. The Morgan fingerprint density at radius 3 is 2.57 bits per heavy atom. The maximum Gasteiger partial charge on any atom is 0.262 e. The Morgan fingerprint density at radius 1 is 1.10 bits per heavy atom. The van der Waals surface area contributed by atoms with E-state index in [9.17, 15) is 9.90 Å². The van der Waals surface area contributed by atoms with E-state index in [-0.39, 0.29) is 19.1 Å². The third-order valence-electron chi connectivity index (χ3n) is 4.72. The van der Waals surface area contributed by atoms with Gasteiger partial charge in [-0.15, -0.1) is 0 Å². The van der Waals surface area contributed by atoms with Crippen LogP contribution in [0.2, 0.25) is 0 Å². The van der Waals surface area contributed by atoms with Crippen molar-refractivity contribution in [1.29, 1.82) is 0 Å². The van der Waals surface area contributed by atoms with E-state index in [2.05, 4.69) is 19.2 Å². The van der Waals surface area contributed by atoms with Crippen LogP contribution in [-0.2, 0) is 11.4 Å². The number of hydrogen-bond donors (Lipinski definition) is 2. The fourth-order valence-electron chi connectivity index (χ4n) is 3.17. The summed E-state index contributed by atoms with van der Waals surface area (Å²) in [6, 6.07) is 14.7. The molecular weight excluding hydrogens is 382 g/mol. The van der Waals surface area contributed by atoms with Crippen LogP contribution >= 0.6 is 0 Å². The van der Waals surface area contributed by atoms with Crippen molar-refractivity contribution in [2.75, 3.05) is 19.0 Å². The molecule has 2 N–H and O–H groups in total. The number of carbonyl (C=O) groups is 1. The lowest BCUT2D eigenvalue weighted by atomic mass is 10.0. The van der Waals surface area contributed by atoms with Gasteiger partial charge in [0.2, 0.25) is 0 Å². The molecule has 1 heterocycles. The zero-order valence-corrected chi connectivity index (χ0v) is 17.7. The third kappa shape index (κ3) is 5.02. The molecule has 0 radical (unpaired) electrons. The summed E-state index contributed by atoms with van der Waals surface area (Å²) in [5.74, 6) is 2.36. The fraction of sp³-hybridized carbons (Fsp3) is 0.292. The van der Waals surface area contributed by atoms with Crippen molar-refractivity contribution in [3.8, 4) is 22.8 Å². The van der Waals surface area contributed by atoms with Crippen molar-refractivity contribution in [3.05, 3.63) is 65.4 Å². The molecule has 0 aliphatic carbocycles. The highest BCUT2D eigenvalue weighted by atomic mass is 16.5. The number of nitrogens with one attached hydrogen (secondary N) is 1. The lowest BCUT2D eigenvalue weighted by Crippen LogP contribution is -2.20. The second-order valence-electron chi connectivity index (χ2n) is 7.37. The Balaban J connectivity index is 1.73. The number of aliphatic hydroxyl groups excluding tert-OH is 1. The van der Waals surface area contributed by atoms with Gasteiger partial charge in [0.15, 0.2) is 6.61 Å². The van der Waals surface area contributed by atoms with Crippen LogP contribution < -0.4 is 14.8 Å². The van der Waals surface area contributed by atoms with Crippen LogP contribution in [0.15, 0.2) is 52.9 Å². The van der Waals surface area contributed by atoms with Gasteiger partial charge in [-0.2, -0.15) is 0 Å². The lowest BCUT2D eigenvalue weighted by molar-refractivity contribution is -0.118. The van der Waals surface area contributed by atoms with Crippen molar-refractivity contribution in [3.63, 3.8) is 0 Å². The average molecular weight is 409 g/mol. The Bertz CT molecular complexity index is 1020. The molecule has 1 aromatic heterocycles. The number of benzene rings is 2. The van der Waals surface area contributed by atoms with E-state index in [1.54, 1.807) is 37.4 Å². The van der Waals surface area contributed by atoms with Crippen molar-refractivity contribution < 1.29 is 23.8 Å². The molecule has 6 nitrogen and oxygen atoms in total.